The molecule has 1 atom stereocenters. The molecule has 0 aliphatic carbocycles. The van der Waals surface area contributed by atoms with Gasteiger partial charge < -0.3 is 15.5 Å². The molecule has 110 valence electrons. The number of rotatable bonds is 2. The predicted octanol–water partition coefficient (Wildman–Crippen LogP) is 3.95. The average molecular weight is 302 g/mol. The number of hydrogen-bond donors (Lipinski definition) is 1. The molecule has 2 aromatic carbocycles. The smallest absolute Gasteiger partial charge is 0.0649 e. The van der Waals surface area contributed by atoms with Crippen molar-refractivity contribution >= 4 is 28.7 Å². The first-order valence-electron chi connectivity index (χ1n) is 7.20. The van der Waals surface area contributed by atoms with E-state index in [1.807, 2.05) is 13.0 Å². The van der Waals surface area contributed by atoms with Gasteiger partial charge in [0.15, 0.2) is 0 Å². The Balaban J connectivity index is 2.04. The number of hydrogen-bond acceptors (Lipinski definition) is 3. The van der Waals surface area contributed by atoms with Gasteiger partial charge in [-0.2, -0.15) is 0 Å². The second kappa shape index (κ2) is 5.58. The minimum Gasteiger partial charge on any atom is -0.371 e. The van der Waals surface area contributed by atoms with E-state index in [4.69, 9.17) is 17.3 Å². The van der Waals surface area contributed by atoms with E-state index < -0.39 is 0 Å². The second-order valence-corrected chi connectivity index (χ2v) is 5.97. The number of anilines is 3. The van der Waals surface area contributed by atoms with Crippen LogP contribution in [0.15, 0.2) is 42.5 Å². The molecule has 0 saturated carbocycles. The first kappa shape index (κ1) is 14.2. The number of benzene rings is 2. The van der Waals surface area contributed by atoms with Crippen LogP contribution in [0.25, 0.3) is 0 Å². The lowest BCUT2D eigenvalue weighted by Crippen LogP contribution is -2.36. The number of fused-ring (bicyclic) bond motifs is 1. The predicted molar refractivity (Wildman–Crippen MR) is 90.8 cm³/mol. The molecule has 1 heterocycles. The molecule has 2 aromatic rings. The molecule has 0 radical (unpaired) electrons. The number of likely N-dealkylation sites (N-methyl/N-ethyl adjacent to an activating group) is 1. The number of halogens is 1. The molecule has 0 aromatic heterocycles. The highest BCUT2D eigenvalue weighted by Gasteiger charge is 2.22. The monoisotopic (exact) mass is 301 g/mol. The van der Waals surface area contributed by atoms with E-state index in [9.17, 15) is 0 Å². The molecule has 0 unspecified atom stereocenters. The van der Waals surface area contributed by atoms with Crippen molar-refractivity contribution in [3.05, 3.63) is 53.1 Å². The van der Waals surface area contributed by atoms with Crippen molar-refractivity contribution in [1.29, 1.82) is 0 Å². The van der Waals surface area contributed by atoms with E-state index >= 15 is 0 Å². The van der Waals surface area contributed by atoms with Crippen molar-refractivity contribution in [3.8, 4) is 0 Å². The molecule has 4 heteroatoms. The summed E-state index contributed by atoms with van der Waals surface area (Å²) in [5.74, 6) is 0. The number of para-hydroxylation sites is 2. The lowest BCUT2D eigenvalue weighted by molar-refractivity contribution is 0.811. The minimum atomic E-state index is -0.00340. The molecule has 2 N–H and O–H groups in total. The average Bonchev–Trinajstić information content (AvgIpc) is 2.48. The third-order valence-corrected chi connectivity index (χ3v) is 4.33. The van der Waals surface area contributed by atoms with Gasteiger partial charge >= 0.3 is 0 Å². The Kier molecular flexibility index (Phi) is 3.79. The van der Waals surface area contributed by atoms with E-state index in [0.717, 1.165) is 29.4 Å². The highest BCUT2D eigenvalue weighted by atomic mass is 35.5. The van der Waals surface area contributed by atoms with Crippen LogP contribution in [0.3, 0.4) is 0 Å². The summed E-state index contributed by atoms with van der Waals surface area (Å²) in [6.07, 6.45) is 0. The van der Waals surface area contributed by atoms with Gasteiger partial charge in [0.2, 0.25) is 0 Å². The second-order valence-electron chi connectivity index (χ2n) is 5.56. The molecule has 21 heavy (non-hydrogen) atoms. The van der Waals surface area contributed by atoms with Crippen molar-refractivity contribution in [1.82, 2.24) is 0 Å². The molecule has 0 saturated heterocycles. The van der Waals surface area contributed by atoms with Crippen LogP contribution in [0.1, 0.15) is 18.5 Å². The van der Waals surface area contributed by atoms with E-state index in [1.165, 1.54) is 11.4 Å². The van der Waals surface area contributed by atoms with Crippen LogP contribution < -0.4 is 15.5 Å². The van der Waals surface area contributed by atoms with Gasteiger partial charge in [0.1, 0.15) is 0 Å². The standard InChI is InChI=1S/C17H20ClN3/c1-12(19)13-7-8-15(14(18)11-13)21-10-9-20(2)16-5-3-4-6-17(16)21/h3-8,11-12H,9-10,19H2,1-2H3/t12-/m1/s1. The minimum absolute atomic E-state index is 0.00340. The van der Waals surface area contributed by atoms with E-state index in [1.54, 1.807) is 0 Å². The Morgan fingerprint density at radius 2 is 1.76 bits per heavy atom. The van der Waals surface area contributed by atoms with Gasteiger partial charge in [-0.15, -0.1) is 0 Å². The third kappa shape index (κ3) is 2.59. The summed E-state index contributed by atoms with van der Waals surface area (Å²) in [6.45, 7) is 3.86. The fourth-order valence-corrected chi connectivity index (χ4v) is 3.07. The summed E-state index contributed by atoms with van der Waals surface area (Å²) < 4.78 is 0. The molecule has 0 fully saturated rings. The van der Waals surface area contributed by atoms with E-state index in [-0.39, 0.29) is 6.04 Å². The summed E-state index contributed by atoms with van der Waals surface area (Å²) in [5.41, 5.74) is 10.5. The molecule has 3 rings (SSSR count). The maximum Gasteiger partial charge on any atom is 0.0649 e. The van der Waals surface area contributed by atoms with Crippen molar-refractivity contribution in [3.63, 3.8) is 0 Å². The fourth-order valence-electron chi connectivity index (χ4n) is 2.78. The van der Waals surface area contributed by atoms with Crippen LogP contribution in [-0.4, -0.2) is 20.1 Å². The lowest BCUT2D eigenvalue weighted by atomic mass is 10.1. The van der Waals surface area contributed by atoms with Gasteiger partial charge in [-0.25, -0.2) is 0 Å². The van der Waals surface area contributed by atoms with Crippen molar-refractivity contribution in [2.24, 2.45) is 5.73 Å². The normalized spacial score (nSPS) is 15.8. The summed E-state index contributed by atoms with van der Waals surface area (Å²) in [6, 6.07) is 14.5. The van der Waals surface area contributed by atoms with Crippen molar-refractivity contribution in [2.75, 3.05) is 29.9 Å². The SMILES string of the molecule is C[C@@H](N)c1ccc(N2CCN(C)c3ccccc32)c(Cl)c1. The Hall–Kier alpha value is -1.71. The first-order chi connectivity index (χ1) is 10.1. The van der Waals surface area contributed by atoms with Crippen LogP contribution in [0.2, 0.25) is 5.02 Å². The summed E-state index contributed by atoms with van der Waals surface area (Å²) in [4.78, 5) is 4.55. The topological polar surface area (TPSA) is 32.5 Å². The van der Waals surface area contributed by atoms with E-state index in [2.05, 4.69) is 53.2 Å². The van der Waals surface area contributed by atoms with Crippen LogP contribution in [-0.2, 0) is 0 Å². The highest BCUT2D eigenvalue weighted by Crippen LogP contribution is 2.40. The zero-order valence-electron chi connectivity index (χ0n) is 12.4. The van der Waals surface area contributed by atoms with Crippen molar-refractivity contribution < 1.29 is 0 Å². The Morgan fingerprint density at radius 1 is 1.05 bits per heavy atom. The first-order valence-corrected chi connectivity index (χ1v) is 7.58. The zero-order chi connectivity index (χ0) is 15.0. The third-order valence-electron chi connectivity index (χ3n) is 4.03. The molecular formula is C17H20ClN3. The zero-order valence-corrected chi connectivity index (χ0v) is 13.1. The maximum absolute atomic E-state index is 6.50. The maximum atomic E-state index is 6.50. The van der Waals surface area contributed by atoms with Crippen LogP contribution in [0.4, 0.5) is 17.1 Å². The molecule has 1 aliphatic heterocycles. The van der Waals surface area contributed by atoms with Gasteiger partial charge in [-0.1, -0.05) is 29.8 Å². The van der Waals surface area contributed by atoms with Crippen LogP contribution >= 0.6 is 11.6 Å². The van der Waals surface area contributed by atoms with Crippen LogP contribution in [0, 0.1) is 0 Å². The molecule has 0 bridgehead atoms. The van der Waals surface area contributed by atoms with Gasteiger partial charge in [-0.3, -0.25) is 0 Å². The molecular weight excluding hydrogens is 282 g/mol. The Bertz CT molecular complexity index is 654. The van der Waals surface area contributed by atoms with Gasteiger partial charge in [0.25, 0.3) is 0 Å². The molecule has 1 aliphatic rings. The lowest BCUT2D eigenvalue weighted by Gasteiger charge is -2.37. The Labute approximate surface area is 130 Å². The Morgan fingerprint density at radius 3 is 2.43 bits per heavy atom. The van der Waals surface area contributed by atoms with Gasteiger partial charge in [-0.05, 0) is 36.8 Å². The van der Waals surface area contributed by atoms with Gasteiger partial charge in [0.05, 0.1) is 22.1 Å². The summed E-state index contributed by atoms with van der Waals surface area (Å²) in [7, 11) is 2.12. The number of nitrogens with zero attached hydrogens (tertiary/aromatic N) is 2. The summed E-state index contributed by atoms with van der Waals surface area (Å²) >= 11 is 6.50. The number of nitrogens with two attached hydrogens (primary N) is 1. The fraction of sp³-hybridized carbons (Fsp3) is 0.294. The van der Waals surface area contributed by atoms with Crippen molar-refractivity contribution in [2.45, 2.75) is 13.0 Å². The van der Waals surface area contributed by atoms with E-state index in [0.29, 0.717) is 0 Å². The quantitative estimate of drug-likeness (QED) is 0.911. The van der Waals surface area contributed by atoms with Crippen LogP contribution in [0.5, 0.6) is 0 Å². The highest BCUT2D eigenvalue weighted by molar-refractivity contribution is 6.33. The molecule has 3 nitrogen and oxygen atoms in total. The van der Waals surface area contributed by atoms with Gasteiger partial charge in [0, 0.05) is 26.2 Å². The molecule has 0 spiro atoms. The summed E-state index contributed by atoms with van der Waals surface area (Å²) in [5, 5.41) is 0.754. The largest absolute Gasteiger partial charge is 0.371 e. The molecule has 0 amide bonds.